The summed E-state index contributed by atoms with van der Waals surface area (Å²) < 4.78 is 108. The molecule has 9 nitrogen and oxygen atoms in total. The smallest absolute Gasteiger partial charge is 0.386 e. The van der Waals surface area contributed by atoms with Crippen LogP contribution in [0.25, 0.3) is 0 Å². The number of rotatable bonds is 12. The number of methoxy groups -OCH3 is 1. The van der Waals surface area contributed by atoms with E-state index >= 15 is 0 Å². The summed E-state index contributed by atoms with van der Waals surface area (Å²) in [4.78, 5) is 4.40. The third-order valence-electron chi connectivity index (χ3n) is 5.43. The van der Waals surface area contributed by atoms with Crippen LogP contribution in [0.3, 0.4) is 0 Å². The summed E-state index contributed by atoms with van der Waals surface area (Å²) in [6.45, 7) is 39.4. The summed E-state index contributed by atoms with van der Waals surface area (Å²) in [7, 11) is 7.40. The molecule has 0 aromatic heterocycles. The van der Waals surface area contributed by atoms with Gasteiger partial charge in [0.15, 0.2) is 0 Å². The second-order valence-corrected chi connectivity index (χ2v) is 17.3. The molecular weight excluding hydrogens is 921 g/mol. The first-order valence-corrected chi connectivity index (χ1v) is 27.0. The minimum Gasteiger partial charge on any atom is -0.396 e. The molecule has 0 aliphatic carbocycles. The molecule has 0 bridgehead atoms. The number of unbranched alkanes of at least 4 members (excludes halogenated alkanes) is 1. The Kier molecular flexibility index (Phi) is 177. The maximum Gasteiger partial charge on any atom is 0.386 e. The van der Waals surface area contributed by atoms with Crippen LogP contribution in [0.15, 0.2) is 0 Å². The fourth-order valence-corrected chi connectivity index (χ4v) is 0.812. The molecule has 0 aromatic rings. The highest BCUT2D eigenvalue weighted by atomic mass is 32.2. The minimum atomic E-state index is -4.00. The van der Waals surface area contributed by atoms with E-state index in [2.05, 4.69) is 105 Å². The van der Waals surface area contributed by atoms with Crippen LogP contribution in [0.5, 0.6) is 0 Å². The molecule has 0 aliphatic heterocycles. The molecule has 0 saturated carbocycles. The number of ether oxygens (including phenoxy) is 1. The maximum atomic E-state index is 11.4. The molecule has 0 heterocycles. The summed E-state index contributed by atoms with van der Waals surface area (Å²) >= 11 is 0. The second kappa shape index (κ2) is 112. The van der Waals surface area contributed by atoms with Crippen LogP contribution in [0.1, 0.15) is 209 Å². The molecule has 0 rings (SSSR count). The third-order valence-corrected chi connectivity index (χ3v) is 5.43. The van der Waals surface area contributed by atoms with Gasteiger partial charge in [-0.3, -0.25) is 8.78 Å². The first kappa shape index (κ1) is 108. The number of nitrogens with zero attached hydrogens (tertiary/aromatic N) is 2. The van der Waals surface area contributed by atoms with Crippen LogP contribution in [-0.4, -0.2) is 153 Å². The molecule has 0 aliphatic rings. The van der Waals surface area contributed by atoms with E-state index in [-0.39, 0.29) is 26.4 Å². The van der Waals surface area contributed by atoms with Crippen molar-refractivity contribution in [2.24, 2.45) is 11.5 Å². The molecule has 438 valence electrons. The first-order valence-electron chi connectivity index (χ1n) is 24.7. The van der Waals surface area contributed by atoms with Crippen molar-refractivity contribution in [3.8, 4) is 0 Å². The average Bonchev–Trinajstić information content (AvgIpc) is 3.23. The van der Waals surface area contributed by atoms with Gasteiger partial charge in [0.05, 0.1) is 25.6 Å². The molecule has 0 aromatic carbocycles. The van der Waals surface area contributed by atoms with Crippen molar-refractivity contribution in [2.45, 2.75) is 246 Å². The second-order valence-electron chi connectivity index (χ2n) is 15.1. The average molecular weight is 1050 g/mol. The van der Waals surface area contributed by atoms with Gasteiger partial charge in [0.1, 0.15) is 9.84 Å². The normalized spacial score (nSPS) is 10.7. The molecule has 68 heavy (non-hydrogen) atoms. The molecular formula is C50H126F8N4O5S. The van der Waals surface area contributed by atoms with Gasteiger partial charge in [0.2, 0.25) is 6.43 Å². The number of nitrogens with two attached hydrogens (primary N) is 2. The Morgan fingerprint density at radius 2 is 0.853 bits per heavy atom. The van der Waals surface area contributed by atoms with E-state index in [0.29, 0.717) is 25.5 Å². The van der Waals surface area contributed by atoms with E-state index in [1.165, 1.54) is 45.6 Å². The van der Waals surface area contributed by atoms with Crippen molar-refractivity contribution >= 4 is 9.84 Å². The van der Waals surface area contributed by atoms with E-state index in [1.54, 1.807) is 27.9 Å². The van der Waals surface area contributed by atoms with E-state index in [9.17, 15) is 43.5 Å². The molecule has 0 amide bonds. The zero-order valence-corrected chi connectivity index (χ0v) is 50.8. The van der Waals surface area contributed by atoms with Gasteiger partial charge < -0.3 is 36.2 Å². The van der Waals surface area contributed by atoms with Gasteiger partial charge in [-0.25, -0.2) is 21.6 Å². The lowest BCUT2D eigenvalue weighted by atomic mass is 10.2. The van der Waals surface area contributed by atoms with Crippen molar-refractivity contribution in [1.29, 1.82) is 0 Å². The van der Waals surface area contributed by atoms with Crippen LogP contribution in [0.2, 0.25) is 0 Å². The summed E-state index contributed by atoms with van der Waals surface area (Å²) in [6.07, 6.45) is 7.02. The van der Waals surface area contributed by atoms with Gasteiger partial charge in [-0.15, -0.1) is 0 Å². The molecule has 0 fully saturated rings. The highest BCUT2D eigenvalue weighted by molar-refractivity contribution is 7.89. The number of sulfone groups is 1. The zero-order valence-electron chi connectivity index (χ0n) is 50.0. The molecule has 0 spiro atoms. The maximum absolute atomic E-state index is 11.4. The van der Waals surface area contributed by atoms with Gasteiger partial charge in [-0.2, -0.15) is 13.2 Å². The van der Waals surface area contributed by atoms with Gasteiger partial charge in [0, 0.05) is 51.8 Å². The topological polar surface area (TPSA) is 142 Å². The van der Waals surface area contributed by atoms with Crippen molar-refractivity contribution in [3.63, 3.8) is 0 Å². The van der Waals surface area contributed by atoms with Crippen LogP contribution in [-0.2, 0) is 14.6 Å². The molecule has 4 atom stereocenters. The molecule has 0 saturated heterocycles. The van der Waals surface area contributed by atoms with Crippen molar-refractivity contribution in [3.05, 3.63) is 0 Å². The number of alkyl halides is 8. The summed E-state index contributed by atoms with van der Waals surface area (Å²) in [6, 6.07) is 1.12. The van der Waals surface area contributed by atoms with E-state index in [0.717, 1.165) is 64.3 Å². The van der Waals surface area contributed by atoms with Crippen molar-refractivity contribution in [1.82, 2.24) is 9.80 Å². The Hall–Kier alpha value is -0.890. The monoisotopic (exact) mass is 1050 g/mol. The summed E-state index contributed by atoms with van der Waals surface area (Å²) in [5, 5.41) is 16.2. The number of aliphatic hydroxyl groups excluding tert-OH is 2. The van der Waals surface area contributed by atoms with Gasteiger partial charge in [-0.05, 0) is 141 Å². The van der Waals surface area contributed by atoms with Gasteiger partial charge in [-0.1, -0.05) is 102 Å². The van der Waals surface area contributed by atoms with E-state index in [1.807, 2.05) is 34.6 Å². The fraction of sp³-hybridized carbons (Fsp3) is 1.00. The number of hydrogen-bond acceptors (Lipinski definition) is 9. The van der Waals surface area contributed by atoms with Crippen LogP contribution >= 0.6 is 0 Å². The molecule has 4 unspecified atom stereocenters. The van der Waals surface area contributed by atoms with Gasteiger partial charge in [0.25, 0.3) is 0 Å². The minimum absolute atomic E-state index is 0.116. The highest BCUT2D eigenvalue weighted by Crippen LogP contribution is 2.10. The van der Waals surface area contributed by atoms with E-state index < -0.39 is 28.6 Å². The summed E-state index contributed by atoms with van der Waals surface area (Å²) in [5.41, 5.74) is 10.3. The Morgan fingerprint density at radius 3 is 0.853 bits per heavy atom. The number of aliphatic hydroxyl groups is 2. The zero-order chi connectivity index (χ0) is 58.8. The predicted octanol–water partition coefficient (Wildman–Crippen LogP) is 15.0. The Bertz CT molecular complexity index is 678. The predicted molar refractivity (Wildman–Crippen MR) is 292 cm³/mol. The summed E-state index contributed by atoms with van der Waals surface area (Å²) in [5.74, 6) is 0. The standard InChI is InChI=1S/C6H15N.C5H13N.C4H9F.C4H11N.C4H10O.C4H10.C3H7F.C3H9N.2C3H8O.C3H8.C2H3F3.C2H4F2.C2H5F.C2H6O2S/c1-5-6(2)7(3)4;1-4-5-6(2)3;3*1-3-4(2)5;1-3-4-2;2*1-2-3-4;1-3-4-2;1-2-3-4;1-3-2;1-2(3,4)5;1-2(3)4;1-2-3;1-5(2,3)4/h6H,5H2,1-4H3;4-5H2,1-3H3;4H,3H2,1-2H3;4H,3,5H2,1-2H3;4-5H,3H2,1-2H3;3-4H2,1-2H3;2-3H2,1H3;2-4H2,1H3;3H2,1-2H3;4H,2-3H2,1H3;3H2,1-2H3;1H3;2H,1H3;2H2,1H3;1-2H3. The fourth-order valence-electron chi connectivity index (χ4n) is 0.812. The van der Waals surface area contributed by atoms with Crippen molar-refractivity contribution < 1.29 is 58.5 Å². The van der Waals surface area contributed by atoms with Gasteiger partial charge >= 0.3 is 6.18 Å². The molecule has 0 radical (unpaired) electrons. The largest absolute Gasteiger partial charge is 0.396 e. The first-order chi connectivity index (χ1) is 30.9. The van der Waals surface area contributed by atoms with Crippen molar-refractivity contribution in [2.75, 3.05) is 87.5 Å². The van der Waals surface area contributed by atoms with Crippen LogP contribution in [0.4, 0.5) is 35.1 Å². The lowest BCUT2D eigenvalue weighted by Gasteiger charge is -2.16. The number of hydrogen-bond donors (Lipinski definition) is 4. The Balaban J connectivity index is -0.0000000342. The lowest BCUT2D eigenvalue weighted by Crippen LogP contribution is -2.23. The van der Waals surface area contributed by atoms with E-state index in [4.69, 9.17) is 21.7 Å². The number of halogens is 8. The molecule has 6 N–H and O–H groups in total. The molecule has 18 heteroatoms. The SMILES string of the molecule is CC(F)(F)F.CC(F)F.CCC.CCC(C)F.CCC(C)N.CCC(C)N(C)C.CCC(C)O.CCCC.CCCF.CCCN.CCCN(C)C.CCCO.CCF.CCOC.CS(C)(=O)=O. The highest BCUT2D eigenvalue weighted by Gasteiger charge is 2.15. The Morgan fingerprint density at radius 1 is 0.647 bits per heavy atom. The van der Waals surface area contributed by atoms with Crippen LogP contribution in [0, 0.1) is 0 Å². The van der Waals surface area contributed by atoms with Crippen LogP contribution < -0.4 is 11.5 Å². The lowest BCUT2D eigenvalue weighted by molar-refractivity contribution is -0.110. The third kappa shape index (κ3) is 733. The quantitative estimate of drug-likeness (QED) is 0.141. The Labute approximate surface area is 422 Å².